The van der Waals surface area contributed by atoms with Gasteiger partial charge in [-0.2, -0.15) is 0 Å². The molecule has 1 atom stereocenters. The first kappa shape index (κ1) is 18.8. The van der Waals surface area contributed by atoms with E-state index < -0.39 is 5.41 Å². The highest BCUT2D eigenvalue weighted by atomic mass is 79.9. The average Bonchev–Trinajstić information content (AvgIpc) is 2.71. The predicted molar refractivity (Wildman–Crippen MR) is 112 cm³/mol. The topological polar surface area (TPSA) is 26.3 Å². The summed E-state index contributed by atoms with van der Waals surface area (Å²) < 4.78 is 5.75. The highest BCUT2D eigenvalue weighted by molar-refractivity contribution is 9.36. The van der Waals surface area contributed by atoms with Crippen molar-refractivity contribution in [1.82, 2.24) is 0 Å². The summed E-state index contributed by atoms with van der Waals surface area (Å²) in [5, 5.41) is 0. The average molecular weight is 427 g/mol. The molecule has 0 amide bonds. The third-order valence-corrected chi connectivity index (χ3v) is 5.72. The molecule has 0 aliphatic rings. The van der Waals surface area contributed by atoms with Crippen molar-refractivity contribution in [2.45, 2.75) is 5.41 Å². The summed E-state index contributed by atoms with van der Waals surface area (Å²) in [6.07, 6.45) is 0.383. The van der Waals surface area contributed by atoms with E-state index in [1.165, 1.54) is 0 Å². The lowest BCUT2D eigenvalue weighted by atomic mass is 9.70. The van der Waals surface area contributed by atoms with E-state index in [0.29, 0.717) is 13.4 Å². The van der Waals surface area contributed by atoms with Crippen molar-refractivity contribution in [3.8, 4) is 0 Å². The van der Waals surface area contributed by atoms with E-state index >= 15 is 0 Å². The fourth-order valence-electron chi connectivity index (χ4n) is 3.21. The number of esters is 1. The second kappa shape index (κ2) is 9.12. The molecule has 0 radical (unpaired) electrons. The molecular weight excluding hydrogens is 407 g/mol. The van der Waals surface area contributed by atoms with Gasteiger partial charge in [0.15, 0.2) is 0 Å². The molecule has 0 saturated carbocycles. The molecule has 0 aliphatic heterocycles. The van der Waals surface area contributed by atoms with Crippen LogP contribution in [0.4, 0.5) is 0 Å². The summed E-state index contributed by atoms with van der Waals surface area (Å²) in [5.74, 6) is -0.188. The minimum atomic E-state index is -0.547. The first-order valence-corrected chi connectivity index (χ1v) is 11.9. The number of ether oxygens (including phenoxy) is 1. The normalized spacial score (nSPS) is 11.6. The first-order chi connectivity index (χ1) is 12.8. The van der Waals surface area contributed by atoms with Crippen LogP contribution in [0.3, 0.4) is 0 Å². The van der Waals surface area contributed by atoms with Crippen LogP contribution in [0.1, 0.15) is 16.7 Å². The van der Waals surface area contributed by atoms with Crippen LogP contribution >= 0.6 is 22.8 Å². The van der Waals surface area contributed by atoms with Gasteiger partial charge in [0, 0.05) is 0 Å². The van der Waals surface area contributed by atoms with Crippen molar-refractivity contribution < 1.29 is 9.53 Å². The van der Waals surface area contributed by atoms with Crippen LogP contribution in [-0.4, -0.2) is 18.7 Å². The number of hydrogen-bond donors (Lipinski definition) is 0. The van der Waals surface area contributed by atoms with Gasteiger partial charge in [0.2, 0.25) is 0 Å². The number of halogens is 1. The Labute approximate surface area is 164 Å². The molecule has 0 heterocycles. The van der Waals surface area contributed by atoms with Gasteiger partial charge < -0.3 is 4.74 Å². The SMILES string of the molecule is O=C(CPBr)OCC(c1ccccc1)(c1ccccc1)c1ccccc1. The largest absolute Gasteiger partial charge is 0.464 e. The fraction of sp³-hybridized carbons (Fsp3) is 0.136. The van der Waals surface area contributed by atoms with Gasteiger partial charge in [-0.05, 0) is 24.0 Å². The predicted octanol–water partition coefficient (Wildman–Crippen LogP) is 5.55. The highest BCUT2D eigenvalue weighted by Gasteiger charge is 2.37. The van der Waals surface area contributed by atoms with Crippen LogP contribution < -0.4 is 0 Å². The molecule has 0 aliphatic carbocycles. The molecule has 0 saturated heterocycles. The molecule has 2 nitrogen and oxygen atoms in total. The van der Waals surface area contributed by atoms with Crippen LogP contribution in [0, 0.1) is 0 Å². The van der Waals surface area contributed by atoms with Crippen molar-refractivity contribution in [1.29, 1.82) is 0 Å². The smallest absolute Gasteiger partial charge is 0.310 e. The zero-order valence-electron chi connectivity index (χ0n) is 14.3. The summed E-state index contributed by atoms with van der Waals surface area (Å²) in [6, 6.07) is 30.7. The fourth-order valence-corrected chi connectivity index (χ4v) is 4.11. The van der Waals surface area contributed by atoms with Gasteiger partial charge in [-0.1, -0.05) is 106 Å². The molecule has 1 unspecified atom stereocenters. The van der Waals surface area contributed by atoms with Crippen LogP contribution in [0.2, 0.25) is 0 Å². The zero-order chi connectivity index (χ0) is 18.2. The monoisotopic (exact) mass is 426 g/mol. The third kappa shape index (κ3) is 4.06. The maximum atomic E-state index is 12.1. The second-order valence-electron chi connectivity index (χ2n) is 5.97. The van der Waals surface area contributed by atoms with Crippen LogP contribution in [0.25, 0.3) is 0 Å². The Balaban J connectivity index is 2.16. The Morgan fingerprint density at radius 3 is 1.50 bits per heavy atom. The van der Waals surface area contributed by atoms with Crippen molar-refractivity contribution in [2.75, 3.05) is 12.8 Å². The van der Waals surface area contributed by atoms with Gasteiger partial charge in [-0.3, -0.25) is 4.79 Å². The van der Waals surface area contributed by atoms with E-state index in [-0.39, 0.29) is 12.6 Å². The van der Waals surface area contributed by atoms with Gasteiger partial charge in [0.1, 0.15) is 6.61 Å². The van der Waals surface area contributed by atoms with E-state index in [9.17, 15) is 4.79 Å². The molecule has 4 heteroatoms. The van der Waals surface area contributed by atoms with Crippen molar-refractivity contribution in [2.24, 2.45) is 0 Å². The summed E-state index contributed by atoms with van der Waals surface area (Å²) in [5.41, 5.74) is 2.76. The quantitative estimate of drug-likeness (QED) is 0.281. The minimum absolute atomic E-state index is 0.188. The maximum Gasteiger partial charge on any atom is 0.310 e. The third-order valence-electron chi connectivity index (χ3n) is 4.46. The van der Waals surface area contributed by atoms with Crippen LogP contribution in [-0.2, 0) is 14.9 Å². The molecular formula is C22H20BrO2P. The Morgan fingerprint density at radius 2 is 1.15 bits per heavy atom. The molecule has 3 aromatic carbocycles. The highest BCUT2D eigenvalue weighted by Crippen LogP contribution is 2.39. The minimum Gasteiger partial charge on any atom is -0.464 e. The van der Waals surface area contributed by atoms with Crippen molar-refractivity contribution >= 4 is 28.7 Å². The van der Waals surface area contributed by atoms with Crippen LogP contribution in [0.5, 0.6) is 0 Å². The van der Waals surface area contributed by atoms with E-state index in [1.807, 2.05) is 54.6 Å². The van der Waals surface area contributed by atoms with Gasteiger partial charge in [-0.25, -0.2) is 0 Å². The molecule has 132 valence electrons. The lowest BCUT2D eigenvalue weighted by Crippen LogP contribution is -2.36. The lowest BCUT2D eigenvalue weighted by Gasteiger charge is -2.35. The zero-order valence-corrected chi connectivity index (χ0v) is 16.9. The molecule has 3 rings (SSSR count). The number of hydrogen-bond acceptors (Lipinski definition) is 2. The molecule has 0 fully saturated rings. The molecule has 3 aromatic rings. The Hall–Kier alpha value is -1.96. The van der Waals surface area contributed by atoms with Gasteiger partial charge in [0.25, 0.3) is 0 Å². The van der Waals surface area contributed by atoms with E-state index in [0.717, 1.165) is 16.7 Å². The summed E-state index contributed by atoms with van der Waals surface area (Å²) in [4.78, 5) is 12.1. The second-order valence-corrected chi connectivity index (χ2v) is 8.28. The molecule has 0 bridgehead atoms. The lowest BCUT2D eigenvalue weighted by molar-refractivity contribution is -0.141. The number of carbonyl (C=O) groups is 1. The summed E-state index contributed by atoms with van der Waals surface area (Å²) in [7, 11) is 0.369. The standard InChI is InChI=1S/C22H20BrO2P/c23-26-16-21(24)25-17-22(18-10-4-1-5-11-18,19-12-6-2-7-13-19)20-14-8-3-9-15-20/h1-15,26H,16-17H2. The van der Waals surface area contributed by atoms with Crippen molar-refractivity contribution in [3.05, 3.63) is 108 Å². The molecule has 0 aromatic heterocycles. The van der Waals surface area contributed by atoms with E-state index in [2.05, 4.69) is 51.9 Å². The maximum absolute atomic E-state index is 12.1. The molecule has 0 N–H and O–H groups in total. The number of carbonyl (C=O) groups excluding carboxylic acids is 1. The van der Waals surface area contributed by atoms with E-state index in [4.69, 9.17) is 4.74 Å². The summed E-state index contributed by atoms with van der Waals surface area (Å²) in [6.45, 7) is 0.265. The number of benzene rings is 3. The Morgan fingerprint density at radius 1 is 0.769 bits per heavy atom. The van der Waals surface area contributed by atoms with Crippen molar-refractivity contribution in [3.63, 3.8) is 0 Å². The molecule has 0 spiro atoms. The first-order valence-electron chi connectivity index (χ1n) is 8.43. The van der Waals surface area contributed by atoms with Gasteiger partial charge in [0.05, 0.1) is 11.6 Å². The Bertz CT molecular complexity index is 726. The van der Waals surface area contributed by atoms with Gasteiger partial charge in [-0.15, -0.1) is 0 Å². The van der Waals surface area contributed by atoms with E-state index in [1.54, 1.807) is 0 Å². The van der Waals surface area contributed by atoms with Gasteiger partial charge >= 0.3 is 5.97 Å². The number of rotatable bonds is 7. The molecule has 26 heavy (non-hydrogen) atoms. The Kier molecular flexibility index (Phi) is 6.60. The van der Waals surface area contributed by atoms with Crippen LogP contribution in [0.15, 0.2) is 91.0 Å². The summed E-state index contributed by atoms with van der Waals surface area (Å²) >= 11 is 3.33.